The van der Waals surface area contributed by atoms with Gasteiger partial charge in [-0.15, -0.1) is 11.8 Å². The van der Waals surface area contributed by atoms with Crippen molar-refractivity contribution in [2.45, 2.75) is 49.6 Å². The second kappa shape index (κ2) is 6.31. The molecule has 0 saturated heterocycles. The molecule has 1 aliphatic rings. The smallest absolute Gasteiger partial charge is 0.0541 e. The van der Waals surface area contributed by atoms with Gasteiger partial charge in [-0.2, -0.15) is 0 Å². The normalized spacial score (nSPS) is 24.6. The van der Waals surface area contributed by atoms with Crippen LogP contribution >= 0.6 is 11.8 Å². The number of hydrogen-bond donors (Lipinski definition) is 2. The first-order valence-electron chi connectivity index (χ1n) is 6.45. The SMILES string of the molecule is CCSc1ccc(NC2CCC(O)CC2)cc1. The van der Waals surface area contributed by atoms with Crippen molar-refractivity contribution in [2.24, 2.45) is 0 Å². The number of thioether (sulfide) groups is 1. The largest absolute Gasteiger partial charge is 0.393 e. The van der Waals surface area contributed by atoms with Gasteiger partial charge in [0.05, 0.1) is 6.10 Å². The lowest BCUT2D eigenvalue weighted by Gasteiger charge is -2.27. The summed E-state index contributed by atoms with van der Waals surface area (Å²) in [4.78, 5) is 1.33. The van der Waals surface area contributed by atoms with Gasteiger partial charge in [-0.1, -0.05) is 6.92 Å². The number of nitrogens with one attached hydrogen (secondary N) is 1. The molecule has 3 heteroatoms. The molecule has 0 heterocycles. The van der Waals surface area contributed by atoms with Crippen molar-refractivity contribution in [3.05, 3.63) is 24.3 Å². The number of benzene rings is 1. The summed E-state index contributed by atoms with van der Waals surface area (Å²) in [6, 6.07) is 9.19. The highest BCUT2D eigenvalue weighted by Gasteiger charge is 2.18. The number of aliphatic hydroxyl groups excluding tert-OH is 1. The molecular weight excluding hydrogens is 230 g/mol. The van der Waals surface area contributed by atoms with Gasteiger partial charge in [-0.3, -0.25) is 0 Å². The highest BCUT2D eigenvalue weighted by molar-refractivity contribution is 7.99. The van der Waals surface area contributed by atoms with Crippen LogP contribution in [0.3, 0.4) is 0 Å². The van der Waals surface area contributed by atoms with Crippen molar-refractivity contribution in [1.29, 1.82) is 0 Å². The molecule has 2 nitrogen and oxygen atoms in total. The van der Waals surface area contributed by atoms with E-state index in [1.807, 2.05) is 11.8 Å². The average molecular weight is 251 g/mol. The topological polar surface area (TPSA) is 32.3 Å². The Morgan fingerprint density at radius 1 is 1.18 bits per heavy atom. The maximum absolute atomic E-state index is 9.46. The summed E-state index contributed by atoms with van der Waals surface area (Å²) in [6.45, 7) is 2.17. The molecule has 1 aliphatic carbocycles. The Labute approximate surface area is 108 Å². The van der Waals surface area contributed by atoms with Gasteiger partial charge in [0.1, 0.15) is 0 Å². The Balaban J connectivity index is 1.86. The maximum Gasteiger partial charge on any atom is 0.0541 e. The predicted octanol–water partition coefficient (Wildman–Crippen LogP) is 3.51. The lowest BCUT2D eigenvalue weighted by atomic mass is 9.93. The minimum Gasteiger partial charge on any atom is -0.393 e. The zero-order valence-electron chi connectivity index (χ0n) is 10.4. The molecular formula is C14H21NOS. The average Bonchev–Trinajstić information content (AvgIpc) is 2.35. The first kappa shape index (κ1) is 12.8. The third kappa shape index (κ3) is 3.93. The molecule has 0 unspecified atom stereocenters. The van der Waals surface area contributed by atoms with Crippen molar-refractivity contribution < 1.29 is 5.11 Å². The second-order valence-corrected chi connectivity index (χ2v) is 5.94. The summed E-state index contributed by atoms with van der Waals surface area (Å²) < 4.78 is 0. The Morgan fingerprint density at radius 3 is 2.41 bits per heavy atom. The van der Waals surface area contributed by atoms with E-state index in [1.165, 1.54) is 10.6 Å². The van der Waals surface area contributed by atoms with Gasteiger partial charge in [0.2, 0.25) is 0 Å². The van der Waals surface area contributed by atoms with Crippen LogP contribution in [0.4, 0.5) is 5.69 Å². The summed E-state index contributed by atoms with van der Waals surface area (Å²) in [7, 11) is 0. The summed E-state index contributed by atoms with van der Waals surface area (Å²) in [5, 5.41) is 13.0. The van der Waals surface area contributed by atoms with Gasteiger partial charge >= 0.3 is 0 Å². The van der Waals surface area contributed by atoms with Crippen LogP contribution in [-0.4, -0.2) is 23.0 Å². The van der Waals surface area contributed by atoms with Crippen molar-refractivity contribution >= 4 is 17.4 Å². The lowest BCUT2D eigenvalue weighted by Crippen LogP contribution is -2.28. The Morgan fingerprint density at radius 2 is 1.82 bits per heavy atom. The highest BCUT2D eigenvalue weighted by atomic mass is 32.2. The molecule has 0 aliphatic heterocycles. The van der Waals surface area contributed by atoms with Crippen molar-refractivity contribution in [1.82, 2.24) is 0 Å². The van der Waals surface area contributed by atoms with Crippen LogP contribution in [0.2, 0.25) is 0 Å². The van der Waals surface area contributed by atoms with Crippen LogP contribution in [0.1, 0.15) is 32.6 Å². The van der Waals surface area contributed by atoms with E-state index in [1.54, 1.807) is 0 Å². The summed E-state index contributed by atoms with van der Waals surface area (Å²) >= 11 is 1.87. The lowest BCUT2D eigenvalue weighted by molar-refractivity contribution is 0.126. The van der Waals surface area contributed by atoms with Gasteiger partial charge in [0, 0.05) is 16.6 Å². The van der Waals surface area contributed by atoms with E-state index in [-0.39, 0.29) is 6.10 Å². The molecule has 2 rings (SSSR count). The quantitative estimate of drug-likeness (QED) is 0.803. The molecule has 0 spiro atoms. The minimum absolute atomic E-state index is 0.0728. The van der Waals surface area contributed by atoms with Gasteiger partial charge in [0.25, 0.3) is 0 Å². The van der Waals surface area contributed by atoms with Crippen molar-refractivity contribution in [2.75, 3.05) is 11.1 Å². The molecule has 0 atom stereocenters. The van der Waals surface area contributed by atoms with Crippen LogP contribution in [0.25, 0.3) is 0 Å². The molecule has 2 N–H and O–H groups in total. The summed E-state index contributed by atoms with van der Waals surface area (Å²) in [5.41, 5.74) is 1.20. The van der Waals surface area contributed by atoms with Crippen molar-refractivity contribution in [3.63, 3.8) is 0 Å². The number of hydrogen-bond acceptors (Lipinski definition) is 3. The Hall–Kier alpha value is -0.670. The fourth-order valence-electron chi connectivity index (χ4n) is 2.27. The minimum atomic E-state index is -0.0728. The Bertz CT molecular complexity index is 331. The third-order valence-electron chi connectivity index (χ3n) is 3.23. The maximum atomic E-state index is 9.46. The van der Waals surface area contributed by atoms with Gasteiger partial charge in [-0.05, 0) is 55.7 Å². The number of anilines is 1. The van der Waals surface area contributed by atoms with Crippen LogP contribution in [0.15, 0.2) is 29.2 Å². The number of rotatable bonds is 4. The van der Waals surface area contributed by atoms with E-state index in [0.717, 1.165) is 31.4 Å². The van der Waals surface area contributed by atoms with E-state index in [0.29, 0.717) is 6.04 Å². The molecule has 94 valence electrons. The molecule has 0 amide bonds. The molecule has 1 aromatic carbocycles. The standard InChI is InChI=1S/C14H21NOS/c1-2-17-14-9-5-12(6-10-14)15-11-3-7-13(16)8-4-11/h5-6,9-11,13,15-16H,2-4,7-8H2,1H3. The van der Waals surface area contributed by atoms with Crippen molar-refractivity contribution in [3.8, 4) is 0 Å². The molecule has 0 bridgehead atoms. The first-order valence-corrected chi connectivity index (χ1v) is 7.44. The van der Waals surface area contributed by atoms with E-state index >= 15 is 0 Å². The van der Waals surface area contributed by atoms with Gasteiger partial charge < -0.3 is 10.4 Å². The fourth-order valence-corrected chi connectivity index (χ4v) is 2.93. The molecule has 1 fully saturated rings. The Kier molecular flexibility index (Phi) is 4.75. The molecule has 17 heavy (non-hydrogen) atoms. The molecule has 0 aromatic heterocycles. The van der Waals surface area contributed by atoms with E-state index in [9.17, 15) is 5.11 Å². The summed E-state index contributed by atoms with van der Waals surface area (Å²) in [6.07, 6.45) is 3.94. The molecule has 1 aromatic rings. The third-order valence-corrected chi connectivity index (χ3v) is 4.13. The van der Waals surface area contributed by atoms with Gasteiger partial charge in [-0.25, -0.2) is 0 Å². The van der Waals surface area contributed by atoms with Gasteiger partial charge in [0.15, 0.2) is 0 Å². The zero-order valence-corrected chi connectivity index (χ0v) is 11.2. The van der Waals surface area contributed by atoms with E-state index in [2.05, 4.69) is 36.5 Å². The fraction of sp³-hybridized carbons (Fsp3) is 0.571. The molecule has 1 saturated carbocycles. The molecule has 0 radical (unpaired) electrons. The second-order valence-electron chi connectivity index (χ2n) is 4.61. The van der Waals surface area contributed by atoms with E-state index in [4.69, 9.17) is 0 Å². The monoisotopic (exact) mass is 251 g/mol. The zero-order chi connectivity index (χ0) is 12.1. The van der Waals surface area contributed by atoms with Crippen LogP contribution in [0.5, 0.6) is 0 Å². The number of aliphatic hydroxyl groups is 1. The van der Waals surface area contributed by atoms with Crippen LogP contribution in [0, 0.1) is 0 Å². The first-order chi connectivity index (χ1) is 8.28. The van der Waals surface area contributed by atoms with Crippen LogP contribution < -0.4 is 5.32 Å². The summed E-state index contributed by atoms with van der Waals surface area (Å²) in [5.74, 6) is 1.12. The predicted molar refractivity (Wildman–Crippen MR) is 74.7 cm³/mol. The van der Waals surface area contributed by atoms with E-state index < -0.39 is 0 Å². The highest BCUT2D eigenvalue weighted by Crippen LogP contribution is 2.24. The van der Waals surface area contributed by atoms with Crippen LogP contribution in [-0.2, 0) is 0 Å².